The predicted molar refractivity (Wildman–Crippen MR) is 131 cm³/mol. The van der Waals surface area contributed by atoms with Crippen molar-refractivity contribution < 1.29 is 10.0 Å². The number of fused-ring (bicyclic) bond motifs is 2. The molecule has 2 fully saturated rings. The Morgan fingerprint density at radius 2 is 2.00 bits per heavy atom. The van der Waals surface area contributed by atoms with Crippen LogP contribution in [0.3, 0.4) is 0 Å². The van der Waals surface area contributed by atoms with Crippen LogP contribution in [0.25, 0.3) is 0 Å². The number of hydrogen-bond acceptors (Lipinski definition) is 5. The number of nitrogens with one attached hydrogen (secondary N) is 1. The van der Waals surface area contributed by atoms with Gasteiger partial charge >= 0.3 is 0 Å². The first kappa shape index (κ1) is 23.5. The van der Waals surface area contributed by atoms with E-state index in [0.29, 0.717) is 23.1 Å². The van der Waals surface area contributed by atoms with Gasteiger partial charge in [0.25, 0.3) is 5.82 Å². The zero-order valence-corrected chi connectivity index (χ0v) is 21.0. The molecule has 4 rings (SSSR count). The molecular weight excluding hydrogens is 398 g/mol. The van der Waals surface area contributed by atoms with Gasteiger partial charge in [-0.05, 0) is 75.0 Å². The number of nitrogens with zero attached hydrogens (tertiary/aromatic N) is 3. The minimum absolute atomic E-state index is 0.232. The fourth-order valence-corrected chi connectivity index (χ4v) is 7.62. The molecule has 1 aromatic rings. The summed E-state index contributed by atoms with van der Waals surface area (Å²) in [6, 6.07) is 0. The third-order valence-electron chi connectivity index (χ3n) is 9.25. The molecule has 0 amide bonds. The van der Waals surface area contributed by atoms with Crippen LogP contribution >= 0.6 is 0 Å². The lowest BCUT2D eigenvalue weighted by Gasteiger charge is -2.61. The molecule has 1 aliphatic heterocycles. The van der Waals surface area contributed by atoms with Crippen LogP contribution in [0.5, 0.6) is 0 Å². The maximum absolute atomic E-state index is 11.4. The molecule has 6 nitrogen and oxygen atoms in total. The summed E-state index contributed by atoms with van der Waals surface area (Å²) in [5.74, 6) is 2.61. The summed E-state index contributed by atoms with van der Waals surface area (Å²) in [6.45, 7) is 13.4. The van der Waals surface area contributed by atoms with E-state index in [1.165, 1.54) is 29.7 Å². The number of anilines is 2. The van der Waals surface area contributed by atoms with E-state index in [1.54, 1.807) is 6.33 Å². The molecule has 2 aliphatic carbocycles. The van der Waals surface area contributed by atoms with Crippen molar-refractivity contribution >= 4 is 17.3 Å². The largest absolute Gasteiger partial charge is 0.390 e. The number of nitrogen functional groups attached to an aromatic ring is 1. The van der Waals surface area contributed by atoms with Gasteiger partial charge in [0, 0.05) is 6.54 Å². The number of allylic oxidation sites excluding steroid dienone is 1. The summed E-state index contributed by atoms with van der Waals surface area (Å²) in [7, 11) is 2.12. The molecule has 1 aromatic heterocycles. The molecule has 0 radical (unpaired) electrons. The van der Waals surface area contributed by atoms with Crippen molar-refractivity contribution in [3.8, 4) is 0 Å². The highest BCUT2D eigenvalue weighted by molar-refractivity contribution is 5.73. The Hall–Kier alpha value is -1.66. The highest BCUT2D eigenvalue weighted by Gasteiger charge is 2.57. The van der Waals surface area contributed by atoms with Crippen molar-refractivity contribution in [2.24, 2.45) is 22.7 Å². The molecule has 2 saturated carbocycles. The van der Waals surface area contributed by atoms with Gasteiger partial charge in [0.1, 0.15) is 6.33 Å². The van der Waals surface area contributed by atoms with E-state index in [-0.39, 0.29) is 5.41 Å². The molecule has 32 heavy (non-hydrogen) atoms. The standard InChI is InChI=1S/C26H43N5O/c1-18(11-15-31-17-30(6)23-21(31)22(27)28-16-29-23)8-9-20-25(4)13-7-12-24(2,3)19(25)10-14-26(20,5)32/h11,16,19-20,32H,7-10,12-15,17H2,1-6H3,(H2,27,28,29)/p+1/b18-11+/t19-,20+,25-,26-/m1/s1. The first-order chi connectivity index (χ1) is 15.0. The number of rotatable bonds is 5. The average Bonchev–Trinajstić information content (AvgIpc) is 3.02. The van der Waals surface area contributed by atoms with E-state index < -0.39 is 5.60 Å². The lowest BCUT2D eigenvalue weighted by Crippen LogP contribution is -3.03. The van der Waals surface area contributed by atoms with Crippen molar-refractivity contribution in [3.63, 3.8) is 0 Å². The fourth-order valence-electron chi connectivity index (χ4n) is 7.62. The number of nitrogens with two attached hydrogens (primary N) is 1. The topological polar surface area (TPSA) is 79.7 Å². The molecule has 0 spiro atoms. The van der Waals surface area contributed by atoms with Crippen molar-refractivity contribution in [1.82, 2.24) is 9.97 Å². The summed E-state index contributed by atoms with van der Waals surface area (Å²) in [4.78, 5) is 12.2. The van der Waals surface area contributed by atoms with Crippen LogP contribution in [0.2, 0.25) is 0 Å². The Bertz CT molecular complexity index is 879. The van der Waals surface area contributed by atoms with Gasteiger partial charge in [-0.1, -0.05) is 38.8 Å². The van der Waals surface area contributed by atoms with Gasteiger partial charge in [-0.15, -0.1) is 0 Å². The Balaban J connectivity index is 1.45. The van der Waals surface area contributed by atoms with Gasteiger partial charge in [-0.3, -0.25) is 4.90 Å². The highest BCUT2D eigenvalue weighted by atomic mass is 16.3. The number of hydrogen-bond donors (Lipinski definition) is 3. The Kier molecular flexibility index (Phi) is 6.08. The van der Waals surface area contributed by atoms with Crippen LogP contribution in [-0.2, 0) is 0 Å². The van der Waals surface area contributed by atoms with Gasteiger partial charge < -0.3 is 15.7 Å². The molecule has 178 valence electrons. The van der Waals surface area contributed by atoms with Crippen LogP contribution in [-0.4, -0.2) is 40.9 Å². The zero-order chi connectivity index (χ0) is 23.3. The molecule has 5 atom stereocenters. The van der Waals surface area contributed by atoms with Gasteiger partial charge in [-0.25, -0.2) is 4.98 Å². The SMILES string of the molecule is C/C(=C\CN1C[NH+](C)c2ncnc(N)c21)CC[C@H]1[C@]2(C)CCCC(C)(C)[C@H]2CC[C@@]1(C)O. The second-order valence-electron chi connectivity index (χ2n) is 12.1. The maximum Gasteiger partial charge on any atom is 0.256 e. The highest BCUT2D eigenvalue weighted by Crippen LogP contribution is 2.63. The zero-order valence-electron chi connectivity index (χ0n) is 21.0. The van der Waals surface area contributed by atoms with Crippen molar-refractivity contribution in [1.29, 1.82) is 0 Å². The van der Waals surface area contributed by atoms with Gasteiger partial charge in [-0.2, -0.15) is 4.98 Å². The normalized spacial score (nSPS) is 36.7. The molecule has 0 saturated heterocycles. The first-order valence-corrected chi connectivity index (χ1v) is 12.5. The lowest BCUT2D eigenvalue weighted by molar-refractivity contribution is -0.805. The monoisotopic (exact) mass is 442 g/mol. The smallest absolute Gasteiger partial charge is 0.256 e. The number of aromatic nitrogens is 2. The molecule has 0 bridgehead atoms. The van der Waals surface area contributed by atoms with E-state index in [0.717, 1.165) is 50.4 Å². The van der Waals surface area contributed by atoms with Crippen LogP contribution in [0.1, 0.15) is 79.6 Å². The Morgan fingerprint density at radius 1 is 1.25 bits per heavy atom. The summed E-state index contributed by atoms with van der Waals surface area (Å²) in [5.41, 5.74) is 8.58. The van der Waals surface area contributed by atoms with E-state index in [9.17, 15) is 5.11 Å². The molecule has 2 heterocycles. The van der Waals surface area contributed by atoms with E-state index in [1.807, 2.05) is 0 Å². The fraction of sp³-hybridized carbons (Fsp3) is 0.769. The number of aliphatic hydroxyl groups is 1. The van der Waals surface area contributed by atoms with E-state index >= 15 is 0 Å². The van der Waals surface area contributed by atoms with Gasteiger partial charge in [0.15, 0.2) is 18.2 Å². The molecular formula is C26H44N5O+. The molecule has 3 aliphatic rings. The minimum atomic E-state index is -0.565. The van der Waals surface area contributed by atoms with Crippen LogP contribution in [0.4, 0.5) is 17.3 Å². The Labute approximate surface area is 194 Å². The summed E-state index contributed by atoms with van der Waals surface area (Å²) < 4.78 is 0. The van der Waals surface area contributed by atoms with Crippen molar-refractivity contribution in [2.45, 2.75) is 85.2 Å². The van der Waals surface area contributed by atoms with E-state index in [2.05, 4.69) is 62.6 Å². The third-order valence-corrected chi connectivity index (χ3v) is 9.25. The third kappa shape index (κ3) is 4.05. The molecule has 1 unspecified atom stereocenters. The van der Waals surface area contributed by atoms with Gasteiger partial charge in [0.05, 0.1) is 12.6 Å². The average molecular weight is 443 g/mol. The van der Waals surface area contributed by atoms with Crippen molar-refractivity contribution in [2.75, 3.05) is 30.9 Å². The summed E-state index contributed by atoms with van der Waals surface area (Å²) >= 11 is 0. The van der Waals surface area contributed by atoms with Crippen molar-refractivity contribution in [3.05, 3.63) is 18.0 Å². The summed E-state index contributed by atoms with van der Waals surface area (Å²) in [6.07, 6.45) is 11.9. The van der Waals surface area contributed by atoms with Crippen LogP contribution in [0, 0.1) is 22.7 Å². The second kappa shape index (κ2) is 8.28. The second-order valence-corrected chi connectivity index (χ2v) is 12.1. The van der Waals surface area contributed by atoms with Gasteiger partial charge in [0.2, 0.25) is 0 Å². The maximum atomic E-state index is 11.4. The predicted octanol–water partition coefficient (Wildman–Crippen LogP) is 3.70. The van der Waals surface area contributed by atoms with E-state index in [4.69, 9.17) is 5.73 Å². The Morgan fingerprint density at radius 3 is 2.75 bits per heavy atom. The summed E-state index contributed by atoms with van der Waals surface area (Å²) in [5, 5.41) is 11.4. The molecule has 6 heteroatoms. The molecule has 4 N–H and O–H groups in total. The van der Waals surface area contributed by atoms with Crippen LogP contribution in [0.15, 0.2) is 18.0 Å². The lowest BCUT2D eigenvalue weighted by atomic mass is 9.45. The minimum Gasteiger partial charge on any atom is -0.390 e. The molecule has 0 aromatic carbocycles. The first-order valence-electron chi connectivity index (χ1n) is 12.5. The quantitative estimate of drug-likeness (QED) is 0.606. The van der Waals surface area contributed by atoms with Crippen LogP contribution < -0.4 is 15.5 Å². The number of quaternary nitrogens is 1.